The molecule has 0 bridgehead atoms. The lowest BCUT2D eigenvalue weighted by molar-refractivity contribution is -0.138. The topological polar surface area (TPSA) is 79.5 Å². The summed E-state index contributed by atoms with van der Waals surface area (Å²) in [5.41, 5.74) is 6.02. The largest absolute Gasteiger partial charge is 0.339 e. The van der Waals surface area contributed by atoms with Crippen molar-refractivity contribution in [3.8, 4) is 0 Å². The Morgan fingerprint density at radius 3 is 2.33 bits per heavy atom. The second-order valence-corrected chi connectivity index (χ2v) is 7.23. The molecular weight excluding hydrogens is 348 g/mol. The van der Waals surface area contributed by atoms with Gasteiger partial charge in [0.05, 0.1) is 0 Å². The number of rotatable bonds is 3. The smallest absolute Gasteiger partial charge is 0.273 e. The normalized spacial score (nSPS) is 19.0. The zero-order chi connectivity index (χ0) is 16.2. The molecule has 1 aromatic heterocycles. The zero-order valence-corrected chi connectivity index (χ0v) is 15.4. The van der Waals surface area contributed by atoms with Crippen LogP contribution in [0.4, 0.5) is 0 Å². The van der Waals surface area contributed by atoms with Crippen LogP contribution < -0.4 is 5.73 Å². The van der Waals surface area contributed by atoms with Crippen LogP contribution in [0.25, 0.3) is 0 Å². The summed E-state index contributed by atoms with van der Waals surface area (Å²) < 4.78 is 0. The molecule has 1 saturated heterocycles. The number of nitrogens with two attached hydrogens (primary N) is 1. The van der Waals surface area contributed by atoms with Gasteiger partial charge in [0.1, 0.15) is 10.7 Å². The Morgan fingerprint density at radius 2 is 1.75 bits per heavy atom. The van der Waals surface area contributed by atoms with Crippen molar-refractivity contribution in [2.45, 2.75) is 38.6 Å². The highest BCUT2D eigenvalue weighted by atomic mass is 35.5. The van der Waals surface area contributed by atoms with Gasteiger partial charge < -0.3 is 15.5 Å². The van der Waals surface area contributed by atoms with E-state index in [4.69, 9.17) is 5.73 Å². The lowest BCUT2D eigenvalue weighted by Crippen LogP contribution is -2.52. The molecule has 134 valence electrons. The number of nitrogens with zero attached hydrogens (tertiary/aromatic N) is 3. The number of halogens is 1. The van der Waals surface area contributed by atoms with Crippen LogP contribution in [0, 0.1) is 5.92 Å². The monoisotopic (exact) mass is 372 g/mol. The molecule has 0 unspecified atom stereocenters. The molecule has 0 atom stereocenters. The summed E-state index contributed by atoms with van der Waals surface area (Å²) in [6, 6.07) is 0. The van der Waals surface area contributed by atoms with Gasteiger partial charge in [0.25, 0.3) is 5.91 Å². The number of piperazine rings is 1. The lowest BCUT2D eigenvalue weighted by Gasteiger charge is -2.36. The molecule has 2 fully saturated rings. The molecular formula is C16H25ClN4O2S. The maximum atomic E-state index is 12.5. The summed E-state index contributed by atoms with van der Waals surface area (Å²) in [5, 5.41) is 2.55. The van der Waals surface area contributed by atoms with Gasteiger partial charge in [-0.25, -0.2) is 4.98 Å². The maximum absolute atomic E-state index is 12.5. The van der Waals surface area contributed by atoms with Crippen molar-refractivity contribution in [2.75, 3.05) is 26.2 Å². The number of amides is 2. The number of carbonyl (C=O) groups excluding carboxylic acids is 2. The highest BCUT2D eigenvalue weighted by Gasteiger charge is 2.30. The fourth-order valence-corrected chi connectivity index (χ4v) is 4.05. The summed E-state index contributed by atoms with van der Waals surface area (Å²) in [7, 11) is 0. The molecule has 0 spiro atoms. The van der Waals surface area contributed by atoms with Crippen LogP contribution in [0.2, 0.25) is 0 Å². The SMILES string of the molecule is Cl.NCc1nc(C(=O)N2CCN(C(=O)C3CCCCC3)CC2)cs1. The molecule has 0 radical (unpaired) electrons. The van der Waals surface area contributed by atoms with Crippen LogP contribution in [0.1, 0.15) is 47.6 Å². The predicted molar refractivity (Wildman–Crippen MR) is 96.3 cm³/mol. The average molecular weight is 373 g/mol. The van der Waals surface area contributed by atoms with Gasteiger partial charge in [-0.1, -0.05) is 19.3 Å². The first kappa shape index (κ1) is 19.1. The standard InChI is InChI=1S/C16H24N4O2S.ClH/c17-10-14-18-13(11-23-14)16(22)20-8-6-19(7-9-20)15(21)12-4-2-1-3-5-12;/h11-12H,1-10,17H2;1H. The molecule has 0 aromatic carbocycles. The Hall–Kier alpha value is -1.18. The Bertz CT molecular complexity index is 566. The van der Waals surface area contributed by atoms with Crippen molar-refractivity contribution in [3.05, 3.63) is 16.1 Å². The molecule has 2 heterocycles. The van der Waals surface area contributed by atoms with E-state index in [1.165, 1.54) is 30.6 Å². The van der Waals surface area contributed by atoms with Crippen molar-refractivity contribution in [1.29, 1.82) is 0 Å². The molecule has 8 heteroatoms. The van der Waals surface area contributed by atoms with Crippen molar-refractivity contribution in [1.82, 2.24) is 14.8 Å². The minimum Gasteiger partial charge on any atom is -0.339 e. The Balaban J connectivity index is 0.00000208. The first-order valence-electron chi connectivity index (χ1n) is 8.41. The summed E-state index contributed by atoms with van der Waals surface area (Å²) in [5.74, 6) is 0.443. The van der Waals surface area contributed by atoms with E-state index in [-0.39, 0.29) is 30.1 Å². The van der Waals surface area contributed by atoms with Gasteiger partial charge in [0, 0.05) is 44.0 Å². The van der Waals surface area contributed by atoms with Crippen LogP contribution in [0.3, 0.4) is 0 Å². The molecule has 1 aliphatic carbocycles. The van der Waals surface area contributed by atoms with Crippen molar-refractivity contribution < 1.29 is 9.59 Å². The van der Waals surface area contributed by atoms with E-state index in [0.29, 0.717) is 38.4 Å². The van der Waals surface area contributed by atoms with E-state index in [9.17, 15) is 9.59 Å². The van der Waals surface area contributed by atoms with E-state index in [2.05, 4.69) is 4.98 Å². The third-order valence-electron chi connectivity index (χ3n) is 4.78. The van der Waals surface area contributed by atoms with Crippen LogP contribution in [-0.4, -0.2) is 52.8 Å². The van der Waals surface area contributed by atoms with Crippen LogP contribution in [0.15, 0.2) is 5.38 Å². The van der Waals surface area contributed by atoms with E-state index in [1.807, 2.05) is 4.90 Å². The highest BCUT2D eigenvalue weighted by Crippen LogP contribution is 2.26. The third kappa shape index (κ3) is 4.26. The second kappa shape index (κ2) is 8.78. The molecule has 24 heavy (non-hydrogen) atoms. The van der Waals surface area contributed by atoms with Crippen LogP contribution in [0.5, 0.6) is 0 Å². The first-order chi connectivity index (χ1) is 11.2. The minimum atomic E-state index is -0.0503. The zero-order valence-electron chi connectivity index (χ0n) is 13.8. The number of hydrogen-bond acceptors (Lipinski definition) is 5. The van der Waals surface area contributed by atoms with Crippen molar-refractivity contribution >= 4 is 35.6 Å². The second-order valence-electron chi connectivity index (χ2n) is 6.28. The molecule has 1 aromatic rings. The van der Waals surface area contributed by atoms with Gasteiger partial charge in [-0.05, 0) is 12.8 Å². The fraction of sp³-hybridized carbons (Fsp3) is 0.688. The van der Waals surface area contributed by atoms with E-state index in [1.54, 1.807) is 10.3 Å². The quantitative estimate of drug-likeness (QED) is 0.878. The average Bonchev–Trinajstić information content (AvgIpc) is 3.10. The Kier molecular flexibility index (Phi) is 7.01. The molecule has 6 nitrogen and oxygen atoms in total. The summed E-state index contributed by atoms with van der Waals surface area (Å²) in [6.45, 7) is 2.81. The third-order valence-corrected chi connectivity index (χ3v) is 5.65. The van der Waals surface area contributed by atoms with Crippen LogP contribution >= 0.6 is 23.7 Å². The first-order valence-corrected chi connectivity index (χ1v) is 9.29. The molecule has 3 rings (SSSR count). The molecule has 1 aliphatic heterocycles. The van der Waals surface area contributed by atoms with E-state index in [0.717, 1.165) is 17.8 Å². The van der Waals surface area contributed by atoms with Crippen LogP contribution in [-0.2, 0) is 11.3 Å². The van der Waals surface area contributed by atoms with Gasteiger partial charge in [0.15, 0.2) is 0 Å². The molecule has 2 aliphatic rings. The lowest BCUT2D eigenvalue weighted by atomic mass is 9.88. The summed E-state index contributed by atoms with van der Waals surface area (Å²) >= 11 is 1.42. The Labute approximate surface area is 152 Å². The van der Waals surface area contributed by atoms with Gasteiger partial charge in [0.2, 0.25) is 5.91 Å². The van der Waals surface area contributed by atoms with Gasteiger partial charge in [-0.15, -0.1) is 23.7 Å². The molecule has 1 saturated carbocycles. The number of hydrogen-bond donors (Lipinski definition) is 1. The summed E-state index contributed by atoms with van der Waals surface area (Å²) in [6.07, 6.45) is 5.64. The summed E-state index contributed by atoms with van der Waals surface area (Å²) in [4.78, 5) is 33.0. The highest BCUT2D eigenvalue weighted by molar-refractivity contribution is 7.09. The van der Waals surface area contributed by atoms with Crippen molar-refractivity contribution in [3.63, 3.8) is 0 Å². The molecule has 2 amide bonds. The predicted octanol–water partition coefficient (Wildman–Crippen LogP) is 1.89. The van der Waals surface area contributed by atoms with E-state index >= 15 is 0 Å². The number of thiazole rings is 1. The van der Waals surface area contributed by atoms with Gasteiger partial charge >= 0.3 is 0 Å². The van der Waals surface area contributed by atoms with E-state index < -0.39 is 0 Å². The fourth-order valence-electron chi connectivity index (χ4n) is 3.40. The van der Waals surface area contributed by atoms with Gasteiger partial charge in [-0.3, -0.25) is 9.59 Å². The maximum Gasteiger partial charge on any atom is 0.273 e. The van der Waals surface area contributed by atoms with Gasteiger partial charge in [-0.2, -0.15) is 0 Å². The number of carbonyl (C=O) groups is 2. The Morgan fingerprint density at radius 1 is 1.12 bits per heavy atom. The van der Waals surface area contributed by atoms with Crippen molar-refractivity contribution in [2.24, 2.45) is 11.7 Å². The molecule has 2 N–H and O–H groups in total. The minimum absolute atomic E-state index is 0. The number of aromatic nitrogens is 1.